The third-order valence-corrected chi connectivity index (χ3v) is 20.1. The average Bonchev–Trinajstić information content (AvgIpc) is 1.85. The summed E-state index contributed by atoms with van der Waals surface area (Å²) in [6.45, 7) is 9.52. The highest BCUT2D eigenvalue weighted by Crippen LogP contribution is 2.45. The topological polar surface area (TPSA) is 237 Å². The molecular formula is C75H146O17P2. The van der Waals surface area contributed by atoms with Gasteiger partial charge in [0.2, 0.25) is 0 Å². The Labute approximate surface area is 575 Å². The summed E-state index contributed by atoms with van der Waals surface area (Å²) in [4.78, 5) is 72.1. The number of unbranched alkanes of at least 4 members (excludes halogenated alkanes) is 42. The summed E-state index contributed by atoms with van der Waals surface area (Å²) < 4.78 is 67.9. The summed E-state index contributed by atoms with van der Waals surface area (Å²) in [5.74, 6) is -0.398. The molecule has 0 spiro atoms. The van der Waals surface area contributed by atoms with E-state index in [0.29, 0.717) is 25.7 Å². The van der Waals surface area contributed by atoms with Crippen LogP contribution in [0.3, 0.4) is 0 Å². The lowest BCUT2D eigenvalue weighted by Crippen LogP contribution is -2.30. The maximum absolute atomic E-state index is 13.1. The second-order valence-electron chi connectivity index (χ2n) is 27.5. The van der Waals surface area contributed by atoms with Crippen molar-refractivity contribution in [3.63, 3.8) is 0 Å². The zero-order valence-corrected chi connectivity index (χ0v) is 63.1. The predicted octanol–water partition coefficient (Wildman–Crippen LogP) is 21.9. The van der Waals surface area contributed by atoms with E-state index < -0.39 is 97.5 Å². The summed E-state index contributed by atoms with van der Waals surface area (Å²) in [5, 5.41) is 10.5. The Balaban J connectivity index is 5.00. The molecule has 94 heavy (non-hydrogen) atoms. The fourth-order valence-electron chi connectivity index (χ4n) is 11.4. The fraction of sp³-hybridized carbons (Fsp3) is 0.947. The number of hydrogen-bond acceptors (Lipinski definition) is 15. The number of aliphatic hydroxyl groups excluding tert-OH is 1. The van der Waals surface area contributed by atoms with E-state index in [1.165, 1.54) is 199 Å². The molecule has 0 saturated heterocycles. The van der Waals surface area contributed by atoms with Gasteiger partial charge in [-0.3, -0.25) is 37.3 Å². The lowest BCUT2D eigenvalue weighted by molar-refractivity contribution is -0.161. The monoisotopic (exact) mass is 1380 g/mol. The maximum atomic E-state index is 13.1. The van der Waals surface area contributed by atoms with Gasteiger partial charge in [-0.2, -0.15) is 0 Å². The summed E-state index contributed by atoms with van der Waals surface area (Å²) >= 11 is 0. The van der Waals surface area contributed by atoms with Crippen molar-refractivity contribution in [3.8, 4) is 0 Å². The Bertz CT molecular complexity index is 1820. The van der Waals surface area contributed by atoms with Gasteiger partial charge in [0.05, 0.1) is 26.4 Å². The minimum atomic E-state index is -4.95. The van der Waals surface area contributed by atoms with Crippen molar-refractivity contribution in [3.05, 3.63) is 0 Å². The maximum Gasteiger partial charge on any atom is 0.472 e. The molecule has 0 saturated carbocycles. The van der Waals surface area contributed by atoms with Crippen LogP contribution >= 0.6 is 15.6 Å². The molecule has 19 heteroatoms. The first-order chi connectivity index (χ1) is 45.4. The van der Waals surface area contributed by atoms with Crippen molar-refractivity contribution < 1.29 is 80.2 Å². The number of rotatable bonds is 74. The molecule has 0 heterocycles. The van der Waals surface area contributed by atoms with Gasteiger partial charge in [0.25, 0.3) is 0 Å². The molecule has 0 aromatic heterocycles. The van der Waals surface area contributed by atoms with Crippen molar-refractivity contribution in [2.45, 2.75) is 407 Å². The predicted molar refractivity (Wildman–Crippen MR) is 381 cm³/mol. The lowest BCUT2D eigenvalue weighted by atomic mass is 9.99. The number of carbonyl (C=O) groups is 4. The van der Waals surface area contributed by atoms with E-state index in [0.717, 1.165) is 108 Å². The second-order valence-corrected chi connectivity index (χ2v) is 30.4. The average molecular weight is 1380 g/mol. The highest BCUT2D eigenvalue weighted by molar-refractivity contribution is 7.47. The summed E-state index contributed by atoms with van der Waals surface area (Å²) in [6.07, 6.45) is 55.2. The summed E-state index contributed by atoms with van der Waals surface area (Å²) in [5.41, 5.74) is 0. The SMILES string of the molecule is CCCCCCCC(=O)OC[C@H](COP(=O)(O)OC[C@H](O)COP(=O)(O)OC[C@@H](COC(=O)CCCCCCCCCCCCCCCCCCCCC(C)CC)OC(=O)CCCCCCCCCCCCCCCCCCCCC(C)CC)OC(=O)CCCCCCC. The van der Waals surface area contributed by atoms with E-state index in [9.17, 15) is 43.2 Å². The van der Waals surface area contributed by atoms with Gasteiger partial charge in [-0.1, -0.05) is 337 Å². The van der Waals surface area contributed by atoms with Crippen molar-refractivity contribution >= 4 is 39.5 Å². The molecule has 0 amide bonds. The van der Waals surface area contributed by atoms with Gasteiger partial charge in [0.1, 0.15) is 19.3 Å². The normalized spacial score (nSPS) is 14.6. The molecule has 0 aliphatic heterocycles. The highest BCUT2D eigenvalue weighted by atomic mass is 31.2. The number of aliphatic hydroxyl groups is 1. The first-order valence-corrected chi connectivity index (χ1v) is 42.1. The van der Waals surface area contributed by atoms with E-state index in [1.807, 2.05) is 0 Å². The van der Waals surface area contributed by atoms with E-state index in [-0.39, 0.29) is 25.7 Å². The van der Waals surface area contributed by atoms with Crippen LogP contribution in [0.25, 0.3) is 0 Å². The summed E-state index contributed by atoms with van der Waals surface area (Å²) in [7, 11) is -9.88. The Morgan fingerprint density at radius 2 is 0.511 bits per heavy atom. The summed E-state index contributed by atoms with van der Waals surface area (Å²) in [6, 6.07) is 0. The van der Waals surface area contributed by atoms with Gasteiger partial charge in [-0.05, 0) is 37.5 Å². The van der Waals surface area contributed by atoms with E-state index in [2.05, 4.69) is 41.5 Å². The van der Waals surface area contributed by atoms with Crippen LogP contribution in [-0.4, -0.2) is 96.7 Å². The molecule has 7 atom stereocenters. The van der Waals surface area contributed by atoms with Crippen LogP contribution in [0.5, 0.6) is 0 Å². The van der Waals surface area contributed by atoms with Gasteiger partial charge in [-0.15, -0.1) is 0 Å². The molecule has 0 fully saturated rings. The standard InChI is InChI=1S/C75H146O17P2/c1-7-11-13-43-51-57-72(77)85-63-70(91-74(79)59-53-44-14-12-8-2)65-89-93(81,82)87-61-69(76)62-88-94(83,84)90-66-71(92-75(80)60-54-48-42-38-34-30-26-22-18-16-20-24-28-32-36-40-46-50-56-68(6)10-4)64-86-73(78)58-52-47-41-37-33-29-25-21-17-15-19-23-27-31-35-39-45-49-55-67(5)9-3/h67-71,76H,7-66H2,1-6H3,(H,81,82)(H,83,84)/t67?,68?,69-,70+,71+/m0/s1. The molecule has 0 aromatic carbocycles. The van der Waals surface area contributed by atoms with E-state index >= 15 is 0 Å². The number of phosphoric acid groups is 2. The van der Waals surface area contributed by atoms with Crippen molar-refractivity contribution in [1.29, 1.82) is 0 Å². The number of hydrogen-bond donors (Lipinski definition) is 3. The first-order valence-electron chi connectivity index (χ1n) is 39.1. The molecular weight excluding hydrogens is 1230 g/mol. The van der Waals surface area contributed by atoms with Gasteiger partial charge in [-0.25, -0.2) is 9.13 Å². The molecule has 4 unspecified atom stereocenters. The quantitative estimate of drug-likeness (QED) is 0.0222. The molecule has 0 rings (SSSR count). The molecule has 558 valence electrons. The van der Waals surface area contributed by atoms with Crippen LogP contribution in [0, 0.1) is 11.8 Å². The van der Waals surface area contributed by atoms with Crippen molar-refractivity contribution in [2.75, 3.05) is 39.6 Å². The van der Waals surface area contributed by atoms with Crippen LogP contribution in [0.4, 0.5) is 0 Å². The Morgan fingerprint density at radius 3 is 0.755 bits per heavy atom. The molecule has 0 aliphatic carbocycles. The lowest BCUT2D eigenvalue weighted by Gasteiger charge is -2.21. The number of phosphoric ester groups is 2. The van der Waals surface area contributed by atoms with E-state index in [4.69, 9.17) is 37.0 Å². The van der Waals surface area contributed by atoms with Gasteiger partial charge >= 0.3 is 39.5 Å². The Kier molecular flexibility index (Phi) is 65.5. The van der Waals surface area contributed by atoms with E-state index in [1.54, 1.807) is 0 Å². The van der Waals surface area contributed by atoms with Crippen LogP contribution in [-0.2, 0) is 65.4 Å². The van der Waals surface area contributed by atoms with Crippen LogP contribution in [0.2, 0.25) is 0 Å². The number of esters is 4. The first kappa shape index (κ1) is 92.1. The highest BCUT2D eigenvalue weighted by Gasteiger charge is 2.30. The molecule has 0 aliphatic rings. The van der Waals surface area contributed by atoms with Gasteiger partial charge < -0.3 is 33.8 Å². The minimum absolute atomic E-state index is 0.0990. The molecule has 0 aromatic rings. The number of carbonyl (C=O) groups excluding carboxylic acids is 4. The molecule has 17 nitrogen and oxygen atoms in total. The van der Waals surface area contributed by atoms with Crippen LogP contribution in [0.15, 0.2) is 0 Å². The van der Waals surface area contributed by atoms with Crippen molar-refractivity contribution in [2.24, 2.45) is 11.8 Å². The Hall–Kier alpha value is -1.94. The van der Waals surface area contributed by atoms with Crippen molar-refractivity contribution in [1.82, 2.24) is 0 Å². The zero-order valence-electron chi connectivity index (χ0n) is 61.3. The fourth-order valence-corrected chi connectivity index (χ4v) is 13.0. The third-order valence-electron chi connectivity index (χ3n) is 18.2. The van der Waals surface area contributed by atoms with Crippen LogP contribution < -0.4 is 0 Å². The molecule has 3 N–H and O–H groups in total. The largest absolute Gasteiger partial charge is 0.472 e. The minimum Gasteiger partial charge on any atom is -0.462 e. The molecule has 0 bridgehead atoms. The second kappa shape index (κ2) is 66.9. The zero-order chi connectivity index (χ0) is 69.3. The van der Waals surface area contributed by atoms with Gasteiger partial charge in [0.15, 0.2) is 12.2 Å². The molecule has 0 radical (unpaired) electrons. The third kappa shape index (κ3) is 66.0. The van der Waals surface area contributed by atoms with Crippen LogP contribution in [0.1, 0.15) is 388 Å². The van der Waals surface area contributed by atoms with Gasteiger partial charge in [0, 0.05) is 25.7 Å². The number of ether oxygens (including phenoxy) is 4. The smallest absolute Gasteiger partial charge is 0.462 e. The Morgan fingerprint density at radius 1 is 0.298 bits per heavy atom.